The minimum Gasteiger partial charge on any atom is -0.496 e. The summed E-state index contributed by atoms with van der Waals surface area (Å²) in [6.07, 6.45) is 4.05. The minimum absolute atomic E-state index is 0.261. The SMILES string of the molecule is COc1ccccc1/C=C/NC(=O)NCCc1ccccc1Cl. The predicted molar refractivity (Wildman–Crippen MR) is 93.7 cm³/mol. The van der Waals surface area contributed by atoms with E-state index in [1.165, 1.54) is 0 Å². The van der Waals surface area contributed by atoms with Crippen LogP contribution in [-0.4, -0.2) is 19.7 Å². The lowest BCUT2D eigenvalue weighted by Gasteiger charge is -2.06. The second kappa shape index (κ2) is 8.86. The molecule has 0 heterocycles. The zero-order valence-corrected chi connectivity index (χ0v) is 13.6. The monoisotopic (exact) mass is 330 g/mol. The summed E-state index contributed by atoms with van der Waals surface area (Å²) in [4.78, 5) is 11.7. The first-order valence-electron chi connectivity index (χ1n) is 7.28. The van der Waals surface area contributed by atoms with Gasteiger partial charge in [-0.05, 0) is 30.2 Å². The van der Waals surface area contributed by atoms with Crippen LogP contribution < -0.4 is 15.4 Å². The Kier molecular flexibility index (Phi) is 6.51. The molecule has 23 heavy (non-hydrogen) atoms. The van der Waals surface area contributed by atoms with Crippen LogP contribution in [0.2, 0.25) is 5.02 Å². The average molecular weight is 331 g/mol. The molecule has 0 atom stereocenters. The van der Waals surface area contributed by atoms with Crippen molar-refractivity contribution in [3.63, 3.8) is 0 Å². The molecule has 4 nitrogen and oxygen atoms in total. The van der Waals surface area contributed by atoms with Crippen molar-refractivity contribution in [3.05, 3.63) is 70.9 Å². The van der Waals surface area contributed by atoms with Crippen molar-refractivity contribution in [1.29, 1.82) is 0 Å². The standard InChI is InChI=1S/C18H19ClN2O2/c1-23-17-9-5-3-7-15(17)11-13-21-18(22)20-12-10-14-6-2-4-8-16(14)19/h2-9,11,13H,10,12H2,1H3,(H2,20,21,22)/b13-11+. The summed E-state index contributed by atoms with van der Waals surface area (Å²) in [6.45, 7) is 0.512. The molecule has 2 N–H and O–H groups in total. The highest BCUT2D eigenvalue weighted by Gasteiger charge is 2.01. The van der Waals surface area contributed by atoms with Crippen LogP contribution in [0, 0.1) is 0 Å². The molecule has 0 aromatic heterocycles. The molecule has 120 valence electrons. The molecule has 0 aliphatic rings. The summed E-state index contributed by atoms with van der Waals surface area (Å²) in [5.41, 5.74) is 1.91. The van der Waals surface area contributed by atoms with E-state index in [1.807, 2.05) is 48.5 Å². The predicted octanol–water partition coefficient (Wildman–Crippen LogP) is 3.86. The molecule has 0 aliphatic carbocycles. The summed E-state index contributed by atoms with van der Waals surface area (Å²) in [7, 11) is 1.61. The fourth-order valence-corrected chi connectivity index (χ4v) is 2.30. The third-order valence-corrected chi connectivity index (χ3v) is 3.62. The highest BCUT2D eigenvalue weighted by atomic mass is 35.5. The number of urea groups is 1. The maximum absolute atomic E-state index is 11.7. The molecule has 2 aromatic rings. The molecule has 0 radical (unpaired) electrons. The molecule has 0 saturated carbocycles. The summed E-state index contributed by atoms with van der Waals surface area (Å²) in [5.74, 6) is 0.754. The first-order valence-corrected chi connectivity index (χ1v) is 7.66. The van der Waals surface area contributed by atoms with Crippen molar-refractivity contribution in [2.75, 3.05) is 13.7 Å². The smallest absolute Gasteiger partial charge is 0.318 e. The highest BCUT2D eigenvalue weighted by Crippen LogP contribution is 2.18. The van der Waals surface area contributed by atoms with Crippen molar-refractivity contribution in [2.24, 2.45) is 0 Å². The van der Waals surface area contributed by atoms with Crippen LogP contribution in [0.1, 0.15) is 11.1 Å². The Bertz CT molecular complexity index is 686. The maximum atomic E-state index is 11.7. The van der Waals surface area contributed by atoms with Gasteiger partial charge in [0.25, 0.3) is 0 Å². The second-order valence-electron chi connectivity index (χ2n) is 4.82. The molecule has 2 amide bonds. The number of rotatable bonds is 6. The van der Waals surface area contributed by atoms with Crippen molar-refractivity contribution >= 4 is 23.7 Å². The quantitative estimate of drug-likeness (QED) is 0.845. The van der Waals surface area contributed by atoms with Crippen molar-refractivity contribution in [1.82, 2.24) is 10.6 Å². The summed E-state index contributed by atoms with van der Waals surface area (Å²) in [6, 6.07) is 14.9. The van der Waals surface area contributed by atoms with E-state index in [9.17, 15) is 4.79 Å². The molecule has 5 heteroatoms. The molecular formula is C18H19ClN2O2. The number of ether oxygens (including phenoxy) is 1. The van der Waals surface area contributed by atoms with E-state index in [2.05, 4.69) is 10.6 Å². The Morgan fingerprint density at radius 2 is 1.91 bits per heavy atom. The molecule has 0 aliphatic heterocycles. The van der Waals surface area contributed by atoms with Gasteiger partial charge in [0.05, 0.1) is 7.11 Å². The van der Waals surface area contributed by atoms with E-state index >= 15 is 0 Å². The molecular weight excluding hydrogens is 312 g/mol. The first kappa shape index (κ1) is 16.9. The van der Waals surface area contributed by atoms with Crippen LogP contribution in [0.25, 0.3) is 6.08 Å². The lowest BCUT2D eigenvalue weighted by Crippen LogP contribution is -2.33. The zero-order chi connectivity index (χ0) is 16.5. The number of halogens is 1. The fraction of sp³-hybridized carbons (Fsp3) is 0.167. The van der Waals surface area contributed by atoms with E-state index in [0.29, 0.717) is 18.0 Å². The van der Waals surface area contributed by atoms with Crippen LogP contribution in [0.5, 0.6) is 5.75 Å². The van der Waals surface area contributed by atoms with Gasteiger partial charge in [-0.1, -0.05) is 48.0 Å². The van der Waals surface area contributed by atoms with E-state index in [4.69, 9.17) is 16.3 Å². The van der Waals surface area contributed by atoms with Crippen LogP contribution in [-0.2, 0) is 6.42 Å². The van der Waals surface area contributed by atoms with E-state index in [1.54, 1.807) is 19.4 Å². The average Bonchev–Trinajstić information content (AvgIpc) is 2.57. The van der Waals surface area contributed by atoms with Gasteiger partial charge in [-0.15, -0.1) is 0 Å². The van der Waals surface area contributed by atoms with Gasteiger partial charge in [0.1, 0.15) is 5.75 Å². The molecule has 2 aromatic carbocycles. The molecule has 0 unspecified atom stereocenters. The molecule has 2 rings (SSSR count). The Morgan fingerprint density at radius 3 is 2.70 bits per heavy atom. The normalized spacial score (nSPS) is 10.5. The number of carbonyl (C=O) groups is 1. The van der Waals surface area contributed by atoms with E-state index in [-0.39, 0.29) is 6.03 Å². The van der Waals surface area contributed by atoms with Crippen LogP contribution in [0.3, 0.4) is 0 Å². The Morgan fingerprint density at radius 1 is 1.17 bits per heavy atom. The number of nitrogens with one attached hydrogen (secondary N) is 2. The van der Waals surface area contributed by atoms with Crippen molar-refractivity contribution < 1.29 is 9.53 Å². The van der Waals surface area contributed by atoms with E-state index in [0.717, 1.165) is 16.9 Å². The maximum Gasteiger partial charge on any atom is 0.318 e. The van der Waals surface area contributed by atoms with Gasteiger partial charge in [-0.25, -0.2) is 4.79 Å². The fourth-order valence-electron chi connectivity index (χ4n) is 2.07. The lowest BCUT2D eigenvalue weighted by molar-refractivity contribution is 0.244. The van der Waals surface area contributed by atoms with Crippen molar-refractivity contribution in [3.8, 4) is 5.75 Å². The summed E-state index contributed by atoms with van der Waals surface area (Å²) >= 11 is 6.07. The Labute approximate surface area is 141 Å². The third kappa shape index (κ3) is 5.34. The zero-order valence-electron chi connectivity index (χ0n) is 12.9. The largest absolute Gasteiger partial charge is 0.496 e. The Balaban J connectivity index is 1.77. The number of hydrogen-bond donors (Lipinski definition) is 2. The second-order valence-corrected chi connectivity index (χ2v) is 5.22. The van der Waals surface area contributed by atoms with Gasteiger partial charge in [0.15, 0.2) is 0 Å². The molecule has 0 spiro atoms. The lowest BCUT2D eigenvalue weighted by atomic mass is 10.1. The Hall–Kier alpha value is -2.46. The van der Waals surface area contributed by atoms with Gasteiger partial charge in [-0.3, -0.25) is 0 Å². The number of amides is 2. The van der Waals surface area contributed by atoms with Crippen LogP contribution >= 0.6 is 11.6 Å². The van der Waals surface area contributed by atoms with Crippen LogP contribution in [0.15, 0.2) is 54.7 Å². The van der Waals surface area contributed by atoms with Gasteiger partial charge in [-0.2, -0.15) is 0 Å². The number of methoxy groups -OCH3 is 1. The third-order valence-electron chi connectivity index (χ3n) is 3.25. The van der Waals surface area contributed by atoms with Gasteiger partial charge >= 0.3 is 6.03 Å². The number of para-hydroxylation sites is 1. The molecule has 0 saturated heterocycles. The minimum atomic E-state index is -0.261. The molecule has 0 fully saturated rings. The first-order chi connectivity index (χ1) is 11.2. The number of benzene rings is 2. The van der Waals surface area contributed by atoms with Gasteiger partial charge in [0.2, 0.25) is 0 Å². The highest BCUT2D eigenvalue weighted by molar-refractivity contribution is 6.31. The van der Waals surface area contributed by atoms with Gasteiger partial charge < -0.3 is 15.4 Å². The number of carbonyl (C=O) groups excluding carboxylic acids is 1. The van der Waals surface area contributed by atoms with Crippen molar-refractivity contribution in [2.45, 2.75) is 6.42 Å². The van der Waals surface area contributed by atoms with E-state index < -0.39 is 0 Å². The topological polar surface area (TPSA) is 50.4 Å². The summed E-state index contributed by atoms with van der Waals surface area (Å²) in [5, 5.41) is 6.16. The number of hydrogen-bond acceptors (Lipinski definition) is 2. The van der Waals surface area contributed by atoms with Gasteiger partial charge in [0, 0.05) is 23.3 Å². The van der Waals surface area contributed by atoms with Crippen LogP contribution in [0.4, 0.5) is 4.79 Å². The summed E-state index contributed by atoms with van der Waals surface area (Å²) < 4.78 is 5.24. The molecule has 0 bridgehead atoms.